The van der Waals surface area contributed by atoms with E-state index in [1.165, 1.54) is 21.1 Å². The number of ether oxygens (including phenoxy) is 2. The quantitative estimate of drug-likeness (QED) is 0.650. The maximum absolute atomic E-state index is 11.0. The number of hydrogen-bond donors (Lipinski definition) is 2. The van der Waals surface area contributed by atoms with Crippen molar-refractivity contribution >= 4 is 28.7 Å². The van der Waals surface area contributed by atoms with E-state index in [1.54, 1.807) is 36.4 Å². The molecule has 0 aliphatic rings. The summed E-state index contributed by atoms with van der Waals surface area (Å²) in [6, 6.07) is 10.3. The highest BCUT2D eigenvalue weighted by Gasteiger charge is 2.08. The van der Waals surface area contributed by atoms with Crippen LogP contribution in [0.25, 0.3) is 0 Å². The Morgan fingerprint density at radius 2 is 1.70 bits per heavy atom. The van der Waals surface area contributed by atoms with E-state index in [4.69, 9.17) is 15.2 Å². The molecule has 0 aliphatic heterocycles. The predicted molar refractivity (Wildman–Crippen MR) is 88.9 cm³/mol. The Kier molecular flexibility index (Phi) is 5.14. The second-order valence-electron chi connectivity index (χ2n) is 4.69. The lowest BCUT2D eigenvalue weighted by Gasteiger charge is -2.09. The number of nitrogen functional groups attached to an aromatic ring is 1. The first kappa shape index (κ1) is 16.3. The first-order valence-electron chi connectivity index (χ1n) is 6.84. The zero-order valence-electron chi connectivity index (χ0n) is 13.2. The molecule has 0 saturated carbocycles. The van der Waals surface area contributed by atoms with Gasteiger partial charge >= 0.3 is 0 Å². The van der Waals surface area contributed by atoms with Crippen molar-refractivity contribution < 1.29 is 14.3 Å². The van der Waals surface area contributed by atoms with Crippen LogP contribution in [0.5, 0.6) is 11.5 Å². The summed E-state index contributed by atoms with van der Waals surface area (Å²) in [5.41, 5.74) is 8.13. The Morgan fingerprint density at radius 3 is 2.26 bits per heavy atom. The highest BCUT2D eigenvalue weighted by atomic mass is 16.5. The van der Waals surface area contributed by atoms with Gasteiger partial charge in [-0.1, -0.05) is 0 Å². The normalized spacial score (nSPS) is 10.6. The largest absolute Gasteiger partial charge is 0.495 e. The minimum atomic E-state index is -0.127. The fourth-order valence-electron chi connectivity index (χ4n) is 1.91. The Balaban J connectivity index is 2.24. The number of nitrogens with one attached hydrogen (secondary N) is 1. The van der Waals surface area contributed by atoms with E-state index >= 15 is 0 Å². The number of anilines is 2. The molecule has 1 amide bonds. The lowest BCUT2D eigenvalue weighted by atomic mass is 10.2. The summed E-state index contributed by atoms with van der Waals surface area (Å²) < 4.78 is 10.4. The summed E-state index contributed by atoms with van der Waals surface area (Å²) in [4.78, 5) is 11.0. The summed E-state index contributed by atoms with van der Waals surface area (Å²) >= 11 is 0. The molecule has 2 aromatic carbocycles. The molecule has 2 rings (SSSR count). The molecule has 0 fully saturated rings. The van der Waals surface area contributed by atoms with Crippen molar-refractivity contribution in [3.8, 4) is 11.5 Å². The van der Waals surface area contributed by atoms with E-state index in [0.717, 1.165) is 0 Å². The summed E-state index contributed by atoms with van der Waals surface area (Å²) in [5, 5.41) is 11.0. The van der Waals surface area contributed by atoms with Gasteiger partial charge in [-0.05, 0) is 24.3 Å². The maximum Gasteiger partial charge on any atom is 0.221 e. The van der Waals surface area contributed by atoms with Crippen LogP contribution < -0.4 is 20.5 Å². The predicted octanol–water partition coefficient (Wildman–Crippen LogP) is 3.66. The summed E-state index contributed by atoms with van der Waals surface area (Å²) in [5.74, 6) is 0.876. The van der Waals surface area contributed by atoms with E-state index in [1.807, 2.05) is 0 Å². The first-order chi connectivity index (χ1) is 11.0. The number of azo groups is 1. The molecular formula is C16H18N4O3. The zero-order valence-corrected chi connectivity index (χ0v) is 13.2. The van der Waals surface area contributed by atoms with Crippen LogP contribution >= 0.6 is 0 Å². The maximum atomic E-state index is 11.0. The van der Waals surface area contributed by atoms with E-state index in [2.05, 4.69) is 15.5 Å². The van der Waals surface area contributed by atoms with Crippen LogP contribution in [0.15, 0.2) is 46.6 Å². The van der Waals surface area contributed by atoms with Gasteiger partial charge in [-0.2, -0.15) is 5.11 Å². The van der Waals surface area contributed by atoms with Crippen molar-refractivity contribution in [2.75, 3.05) is 25.3 Å². The van der Waals surface area contributed by atoms with Crippen LogP contribution in [-0.2, 0) is 4.79 Å². The number of methoxy groups -OCH3 is 2. The smallest absolute Gasteiger partial charge is 0.221 e. The van der Waals surface area contributed by atoms with Crippen LogP contribution in [0.2, 0.25) is 0 Å². The van der Waals surface area contributed by atoms with E-state index in [0.29, 0.717) is 34.2 Å². The number of rotatable bonds is 5. The Morgan fingerprint density at radius 1 is 1.04 bits per heavy atom. The van der Waals surface area contributed by atoms with Crippen LogP contribution in [0.3, 0.4) is 0 Å². The van der Waals surface area contributed by atoms with Crippen LogP contribution in [0.1, 0.15) is 6.92 Å². The van der Waals surface area contributed by atoms with Crippen molar-refractivity contribution in [2.24, 2.45) is 10.2 Å². The number of benzene rings is 2. The Hall–Kier alpha value is -3.09. The van der Waals surface area contributed by atoms with Gasteiger partial charge in [0.15, 0.2) is 0 Å². The lowest BCUT2D eigenvalue weighted by molar-refractivity contribution is -0.114. The summed E-state index contributed by atoms with van der Waals surface area (Å²) in [7, 11) is 3.06. The van der Waals surface area contributed by atoms with Crippen LogP contribution in [-0.4, -0.2) is 20.1 Å². The molecule has 0 spiro atoms. The molecule has 0 radical (unpaired) electrons. The number of nitrogens with two attached hydrogens (primary N) is 1. The van der Waals surface area contributed by atoms with Crippen molar-refractivity contribution in [3.63, 3.8) is 0 Å². The number of nitrogens with zero attached hydrogens (tertiary/aromatic N) is 2. The van der Waals surface area contributed by atoms with Crippen molar-refractivity contribution in [1.29, 1.82) is 0 Å². The van der Waals surface area contributed by atoms with Gasteiger partial charge in [0, 0.05) is 24.7 Å². The van der Waals surface area contributed by atoms with Crippen LogP contribution in [0, 0.1) is 0 Å². The molecule has 0 saturated heterocycles. The molecule has 0 heterocycles. The zero-order chi connectivity index (χ0) is 16.8. The topological polar surface area (TPSA) is 98.3 Å². The van der Waals surface area contributed by atoms with Gasteiger partial charge < -0.3 is 20.5 Å². The number of carbonyl (C=O) groups excluding carboxylic acids is 1. The molecule has 0 aromatic heterocycles. The molecule has 7 nitrogen and oxygen atoms in total. The molecule has 0 bridgehead atoms. The van der Waals surface area contributed by atoms with Gasteiger partial charge in [0.1, 0.15) is 17.2 Å². The lowest BCUT2D eigenvalue weighted by Crippen LogP contribution is -2.04. The van der Waals surface area contributed by atoms with Crippen molar-refractivity contribution in [3.05, 3.63) is 36.4 Å². The first-order valence-corrected chi connectivity index (χ1v) is 6.84. The Bertz CT molecular complexity index is 727. The second kappa shape index (κ2) is 7.26. The third kappa shape index (κ3) is 4.19. The monoisotopic (exact) mass is 314 g/mol. The number of amides is 1. The number of carbonyl (C=O) groups is 1. The van der Waals surface area contributed by atoms with E-state index in [-0.39, 0.29) is 5.91 Å². The minimum absolute atomic E-state index is 0.127. The van der Waals surface area contributed by atoms with E-state index in [9.17, 15) is 4.79 Å². The third-order valence-corrected chi connectivity index (χ3v) is 2.99. The minimum Gasteiger partial charge on any atom is -0.495 e. The van der Waals surface area contributed by atoms with E-state index < -0.39 is 0 Å². The van der Waals surface area contributed by atoms with Crippen LogP contribution in [0.4, 0.5) is 22.7 Å². The van der Waals surface area contributed by atoms with Crippen molar-refractivity contribution in [1.82, 2.24) is 0 Å². The molecule has 3 N–H and O–H groups in total. The SMILES string of the molecule is COc1cc(N=Nc2ccc(NC(C)=O)cc2)c(OC)cc1N. The standard InChI is InChI=1S/C16H18N4O3/c1-10(21)18-11-4-6-12(7-5-11)19-20-14-9-15(22-2)13(17)8-16(14)23-3/h4-9H,17H2,1-3H3,(H,18,21). The van der Waals surface area contributed by atoms with Gasteiger partial charge in [0.2, 0.25) is 5.91 Å². The van der Waals surface area contributed by atoms with Gasteiger partial charge in [-0.25, -0.2) is 0 Å². The molecule has 120 valence electrons. The molecule has 23 heavy (non-hydrogen) atoms. The third-order valence-electron chi connectivity index (χ3n) is 2.99. The average molecular weight is 314 g/mol. The average Bonchev–Trinajstić information content (AvgIpc) is 2.54. The Labute approximate surface area is 134 Å². The summed E-state index contributed by atoms with van der Waals surface area (Å²) in [6.45, 7) is 1.45. The van der Waals surface area contributed by atoms with Gasteiger partial charge in [-0.3, -0.25) is 4.79 Å². The van der Waals surface area contributed by atoms with Gasteiger partial charge in [0.05, 0.1) is 25.6 Å². The molecule has 7 heteroatoms. The van der Waals surface area contributed by atoms with Gasteiger partial charge in [0.25, 0.3) is 0 Å². The molecule has 0 unspecified atom stereocenters. The second-order valence-corrected chi connectivity index (χ2v) is 4.69. The highest BCUT2D eigenvalue weighted by Crippen LogP contribution is 2.37. The fourth-order valence-corrected chi connectivity index (χ4v) is 1.91. The fraction of sp³-hybridized carbons (Fsp3) is 0.188. The van der Waals surface area contributed by atoms with Gasteiger partial charge in [-0.15, -0.1) is 5.11 Å². The molecule has 0 aliphatic carbocycles. The summed E-state index contributed by atoms with van der Waals surface area (Å²) in [6.07, 6.45) is 0. The highest BCUT2D eigenvalue weighted by molar-refractivity contribution is 5.88. The number of hydrogen-bond acceptors (Lipinski definition) is 6. The molecule has 2 aromatic rings. The molecule has 0 atom stereocenters. The molecular weight excluding hydrogens is 296 g/mol. The van der Waals surface area contributed by atoms with Crippen molar-refractivity contribution in [2.45, 2.75) is 6.92 Å².